The molecule has 0 bridgehead atoms. The normalized spacial score (nSPS) is 16.6. The molecule has 1 amide bonds. The highest BCUT2D eigenvalue weighted by molar-refractivity contribution is 5.77. The van der Waals surface area contributed by atoms with Crippen molar-refractivity contribution in [2.24, 2.45) is 5.73 Å². The maximum Gasteiger partial charge on any atom is 0.219 e. The number of para-hydroxylation sites is 2. The Balaban J connectivity index is 1.99. The summed E-state index contributed by atoms with van der Waals surface area (Å²) in [4.78, 5) is 15.9. The molecule has 4 nitrogen and oxygen atoms in total. The van der Waals surface area contributed by atoms with Gasteiger partial charge in [-0.25, -0.2) is 4.98 Å². The number of benzene rings is 1. The molecule has 1 saturated carbocycles. The maximum atomic E-state index is 11.1. The molecular weight excluding hydrogens is 250 g/mol. The van der Waals surface area contributed by atoms with Crippen molar-refractivity contribution in [2.75, 3.05) is 0 Å². The number of amides is 1. The molecule has 4 heteroatoms. The first-order valence-electron chi connectivity index (χ1n) is 7.49. The third kappa shape index (κ3) is 2.55. The van der Waals surface area contributed by atoms with Crippen molar-refractivity contribution in [1.82, 2.24) is 9.55 Å². The molecule has 1 fully saturated rings. The van der Waals surface area contributed by atoms with Gasteiger partial charge in [0.15, 0.2) is 0 Å². The quantitative estimate of drug-likeness (QED) is 0.929. The van der Waals surface area contributed by atoms with Crippen molar-refractivity contribution in [1.29, 1.82) is 0 Å². The SMILES string of the molecule is NC(=O)CCn1c(C2CCCCC2)nc2ccccc21. The largest absolute Gasteiger partial charge is 0.370 e. The Bertz CT molecular complexity index is 611. The van der Waals surface area contributed by atoms with Crippen molar-refractivity contribution in [3.8, 4) is 0 Å². The maximum absolute atomic E-state index is 11.1. The molecule has 2 N–H and O–H groups in total. The zero-order chi connectivity index (χ0) is 13.9. The summed E-state index contributed by atoms with van der Waals surface area (Å²) in [7, 11) is 0. The summed E-state index contributed by atoms with van der Waals surface area (Å²) >= 11 is 0. The fraction of sp³-hybridized carbons (Fsp3) is 0.500. The lowest BCUT2D eigenvalue weighted by Gasteiger charge is -2.22. The molecule has 1 aliphatic carbocycles. The van der Waals surface area contributed by atoms with Crippen LogP contribution in [0.25, 0.3) is 11.0 Å². The van der Waals surface area contributed by atoms with Gasteiger partial charge in [0.05, 0.1) is 11.0 Å². The predicted molar refractivity (Wildman–Crippen MR) is 79.4 cm³/mol. The second kappa shape index (κ2) is 5.65. The minimum atomic E-state index is -0.252. The zero-order valence-corrected chi connectivity index (χ0v) is 11.7. The van der Waals surface area contributed by atoms with E-state index < -0.39 is 0 Å². The Morgan fingerprint density at radius 3 is 2.75 bits per heavy atom. The molecular formula is C16H21N3O. The Kier molecular flexibility index (Phi) is 3.72. The fourth-order valence-corrected chi connectivity index (χ4v) is 3.22. The van der Waals surface area contributed by atoms with Crippen molar-refractivity contribution in [2.45, 2.75) is 51.0 Å². The van der Waals surface area contributed by atoms with Crippen molar-refractivity contribution in [3.05, 3.63) is 30.1 Å². The number of fused-ring (bicyclic) bond motifs is 1. The summed E-state index contributed by atoms with van der Waals surface area (Å²) in [6.07, 6.45) is 6.69. The Hall–Kier alpha value is -1.84. The lowest BCUT2D eigenvalue weighted by molar-refractivity contribution is -0.118. The van der Waals surface area contributed by atoms with Crippen LogP contribution in [-0.2, 0) is 11.3 Å². The number of nitrogens with zero attached hydrogens (tertiary/aromatic N) is 2. The first-order valence-corrected chi connectivity index (χ1v) is 7.49. The van der Waals surface area contributed by atoms with Crippen molar-refractivity contribution in [3.63, 3.8) is 0 Å². The van der Waals surface area contributed by atoms with Gasteiger partial charge < -0.3 is 10.3 Å². The van der Waals surface area contributed by atoms with E-state index in [2.05, 4.69) is 10.6 Å². The van der Waals surface area contributed by atoms with Crippen LogP contribution in [0.15, 0.2) is 24.3 Å². The van der Waals surface area contributed by atoms with Crippen LogP contribution in [0.3, 0.4) is 0 Å². The lowest BCUT2D eigenvalue weighted by atomic mass is 9.88. The lowest BCUT2D eigenvalue weighted by Crippen LogP contribution is -2.17. The molecule has 0 saturated heterocycles. The van der Waals surface area contributed by atoms with Crippen LogP contribution in [0.4, 0.5) is 0 Å². The molecule has 0 aliphatic heterocycles. The van der Waals surface area contributed by atoms with E-state index in [0.717, 1.165) is 16.9 Å². The van der Waals surface area contributed by atoms with Gasteiger partial charge in [-0.3, -0.25) is 4.79 Å². The van der Waals surface area contributed by atoms with E-state index in [4.69, 9.17) is 10.7 Å². The van der Waals surface area contributed by atoms with Gasteiger partial charge >= 0.3 is 0 Å². The van der Waals surface area contributed by atoms with Crippen LogP contribution < -0.4 is 5.73 Å². The topological polar surface area (TPSA) is 60.9 Å². The highest BCUT2D eigenvalue weighted by Crippen LogP contribution is 2.33. The smallest absolute Gasteiger partial charge is 0.219 e. The van der Waals surface area contributed by atoms with Gasteiger partial charge in [-0.05, 0) is 25.0 Å². The molecule has 0 spiro atoms. The number of hydrogen-bond donors (Lipinski definition) is 1. The van der Waals surface area contributed by atoms with E-state index in [0.29, 0.717) is 18.9 Å². The molecule has 1 aromatic heterocycles. The fourth-order valence-electron chi connectivity index (χ4n) is 3.22. The number of imidazole rings is 1. The molecule has 1 heterocycles. The Morgan fingerprint density at radius 1 is 1.25 bits per heavy atom. The van der Waals surface area contributed by atoms with E-state index in [9.17, 15) is 4.79 Å². The number of carbonyl (C=O) groups is 1. The molecule has 1 aromatic carbocycles. The molecule has 1 aliphatic rings. The molecule has 0 radical (unpaired) electrons. The van der Waals surface area contributed by atoms with E-state index in [-0.39, 0.29) is 5.91 Å². The van der Waals surface area contributed by atoms with Gasteiger partial charge in [-0.2, -0.15) is 0 Å². The first kappa shape index (κ1) is 13.2. The van der Waals surface area contributed by atoms with Crippen LogP contribution in [0, 0.1) is 0 Å². The third-order valence-corrected chi connectivity index (χ3v) is 4.24. The molecule has 106 valence electrons. The molecule has 0 atom stereocenters. The van der Waals surface area contributed by atoms with Crippen LogP contribution in [0.1, 0.15) is 50.3 Å². The third-order valence-electron chi connectivity index (χ3n) is 4.24. The number of aromatic nitrogens is 2. The molecule has 3 rings (SSSR count). The van der Waals surface area contributed by atoms with Crippen LogP contribution >= 0.6 is 0 Å². The Labute approximate surface area is 119 Å². The van der Waals surface area contributed by atoms with E-state index >= 15 is 0 Å². The summed E-state index contributed by atoms with van der Waals surface area (Å²) in [5.41, 5.74) is 7.45. The van der Waals surface area contributed by atoms with Crippen LogP contribution in [0.2, 0.25) is 0 Å². The second-order valence-electron chi connectivity index (χ2n) is 5.66. The van der Waals surface area contributed by atoms with E-state index in [1.165, 1.54) is 32.1 Å². The van der Waals surface area contributed by atoms with Gasteiger partial charge in [0.1, 0.15) is 5.82 Å². The standard InChI is InChI=1S/C16H21N3O/c17-15(20)10-11-19-14-9-5-4-8-13(14)18-16(19)12-6-2-1-3-7-12/h4-5,8-9,12H,1-3,6-7,10-11H2,(H2,17,20). The number of hydrogen-bond acceptors (Lipinski definition) is 2. The van der Waals surface area contributed by atoms with Gasteiger partial charge in [-0.1, -0.05) is 31.4 Å². The van der Waals surface area contributed by atoms with Gasteiger partial charge in [0.2, 0.25) is 5.91 Å². The van der Waals surface area contributed by atoms with E-state index in [1.54, 1.807) is 0 Å². The van der Waals surface area contributed by atoms with Crippen LogP contribution in [0.5, 0.6) is 0 Å². The number of rotatable bonds is 4. The monoisotopic (exact) mass is 271 g/mol. The van der Waals surface area contributed by atoms with Crippen molar-refractivity contribution < 1.29 is 4.79 Å². The highest BCUT2D eigenvalue weighted by atomic mass is 16.1. The minimum absolute atomic E-state index is 0.252. The summed E-state index contributed by atoms with van der Waals surface area (Å²) in [6, 6.07) is 8.16. The number of carbonyl (C=O) groups excluding carboxylic acids is 1. The van der Waals surface area contributed by atoms with Gasteiger partial charge in [0.25, 0.3) is 0 Å². The number of nitrogens with two attached hydrogens (primary N) is 1. The molecule has 0 unspecified atom stereocenters. The van der Waals surface area contributed by atoms with Crippen molar-refractivity contribution >= 4 is 16.9 Å². The predicted octanol–water partition coefficient (Wildman–Crippen LogP) is 2.96. The number of primary amides is 1. The van der Waals surface area contributed by atoms with Gasteiger partial charge in [0, 0.05) is 18.9 Å². The summed E-state index contributed by atoms with van der Waals surface area (Å²) < 4.78 is 2.20. The Morgan fingerprint density at radius 2 is 2.00 bits per heavy atom. The van der Waals surface area contributed by atoms with Gasteiger partial charge in [-0.15, -0.1) is 0 Å². The van der Waals surface area contributed by atoms with Crippen LogP contribution in [-0.4, -0.2) is 15.5 Å². The second-order valence-corrected chi connectivity index (χ2v) is 5.66. The van der Waals surface area contributed by atoms with E-state index in [1.807, 2.05) is 18.2 Å². The summed E-state index contributed by atoms with van der Waals surface area (Å²) in [5.74, 6) is 1.42. The molecule has 2 aromatic rings. The zero-order valence-electron chi connectivity index (χ0n) is 11.7. The highest BCUT2D eigenvalue weighted by Gasteiger charge is 2.22. The number of aryl methyl sites for hydroxylation is 1. The first-order chi connectivity index (χ1) is 9.75. The minimum Gasteiger partial charge on any atom is -0.370 e. The molecule has 20 heavy (non-hydrogen) atoms. The average molecular weight is 271 g/mol. The summed E-state index contributed by atoms with van der Waals surface area (Å²) in [5, 5.41) is 0. The average Bonchev–Trinajstić information content (AvgIpc) is 2.84. The summed E-state index contributed by atoms with van der Waals surface area (Å²) in [6.45, 7) is 0.641.